The standard InChI is InChI=1S/C12H12N4O2/c17-16(18)10-6-4-9(5-7-10)12-13-11(14-15-12)8-2-1-3-8/h4-8H,1-3H2,(H,13,14,15). The third kappa shape index (κ3) is 1.85. The Bertz CT molecular complexity index is 572. The smallest absolute Gasteiger partial charge is 0.259 e. The highest BCUT2D eigenvalue weighted by Crippen LogP contribution is 2.34. The van der Waals surface area contributed by atoms with Gasteiger partial charge in [-0.25, -0.2) is 4.98 Å². The molecule has 0 atom stereocenters. The summed E-state index contributed by atoms with van der Waals surface area (Å²) in [6.45, 7) is 0. The summed E-state index contributed by atoms with van der Waals surface area (Å²) in [5.41, 5.74) is 0.899. The molecule has 1 aliphatic rings. The molecular formula is C12H12N4O2. The maximum Gasteiger partial charge on any atom is 0.269 e. The van der Waals surface area contributed by atoms with Gasteiger partial charge in [-0.15, -0.1) is 0 Å². The number of nitro groups is 1. The van der Waals surface area contributed by atoms with Crippen LogP contribution in [0.15, 0.2) is 24.3 Å². The lowest BCUT2D eigenvalue weighted by Gasteiger charge is -2.21. The van der Waals surface area contributed by atoms with E-state index in [9.17, 15) is 10.1 Å². The van der Waals surface area contributed by atoms with E-state index in [1.807, 2.05) is 0 Å². The number of non-ortho nitro benzene ring substituents is 1. The van der Waals surface area contributed by atoms with Gasteiger partial charge in [-0.2, -0.15) is 5.10 Å². The number of rotatable bonds is 3. The normalized spacial score (nSPS) is 15.3. The van der Waals surface area contributed by atoms with E-state index in [2.05, 4.69) is 15.2 Å². The van der Waals surface area contributed by atoms with Crippen molar-refractivity contribution in [1.29, 1.82) is 0 Å². The minimum Gasteiger partial charge on any atom is -0.259 e. The second-order valence-electron chi connectivity index (χ2n) is 4.47. The molecule has 18 heavy (non-hydrogen) atoms. The Labute approximate surface area is 103 Å². The molecule has 1 saturated carbocycles. The first-order chi connectivity index (χ1) is 8.74. The first-order valence-corrected chi connectivity index (χ1v) is 5.91. The van der Waals surface area contributed by atoms with Gasteiger partial charge >= 0.3 is 0 Å². The summed E-state index contributed by atoms with van der Waals surface area (Å²) < 4.78 is 0. The molecule has 1 aromatic heterocycles. The molecule has 1 aromatic carbocycles. The molecule has 3 rings (SSSR count). The molecule has 0 saturated heterocycles. The van der Waals surface area contributed by atoms with Crippen LogP contribution in [0.25, 0.3) is 11.4 Å². The summed E-state index contributed by atoms with van der Waals surface area (Å²) in [5.74, 6) is 2.01. The van der Waals surface area contributed by atoms with Crippen molar-refractivity contribution in [2.45, 2.75) is 25.2 Å². The number of nitro benzene ring substituents is 1. The summed E-state index contributed by atoms with van der Waals surface area (Å²) in [5, 5.41) is 17.6. The number of hydrogen-bond donors (Lipinski definition) is 1. The summed E-state index contributed by atoms with van der Waals surface area (Å²) in [4.78, 5) is 14.6. The molecule has 1 aliphatic carbocycles. The Morgan fingerprint density at radius 2 is 2.00 bits per heavy atom. The van der Waals surface area contributed by atoms with Gasteiger partial charge in [0.25, 0.3) is 5.69 Å². The average Bonchev–Trinajstić information content (AvgIpc) is 2.76. The van der Waals surface area contributed by atoms with Crippen LogP contribution in [0.5, 0.6) is 0 Å². The predicted octanol–water partition coefficient (Wildman–Crippen LogP) is 2.65. The average molecular weight is 244 g/mol. The Morgan fingerprint density at radius 1 is 1.28 bits per heavy atom. The van der Waals surface area contributed by atoms with E-state index in [-0.39, 0.29) is 5.69 Å². The van der Waals surface area contributed by atoms with Crippen molar-refractivity contribution in [3.8, 4) is 11.4 Å². The zero-order valence-electron chi connectivity index (χ0n) is 9.67. The minimum atomic E-state index is -0.413. The van der Waals surface area contributed by atoms with Crippen molar-refractivity contribution >= 4 is 5.69 Å². The minimum absolute atomic E-state index is 0.0810. The van der Waals surface area contributed by atoms with E-state index >= 15 is 0 Å². The van der Waals surface area contributed by atoms with E-state index in [0.717, 1.165) is 24.2 Å². The van der Waals surface area contributed by atoms with Gasteiger partial charge in [0.05, 0.1) is 4.92 Å². The lowest BCUT2D eigenvalue weighted by Crippen LogP contribution is -2.10. The van der Waals surface area contributed by atoms with Crippen LogP contribution >= 0.6 is 0 Å². The van der Waals surface area contributed by atoms with Crippen molar-refractivity contribution in [2.75, 3.05) is 0 Å². The van der Waals surface area contributed by atoms with Crippen LogP contribution in [-0.2, 0) is 0 Å². The van der Waals surface area contributed by atoms with Gasteiger partial charge in [0.1, 0.15) is 0 Å². The SMILES string of the molecule is O=[N+]([O-])c1ccc(-c2nc(C3CCC3)n[nH]2)cc1. The molecule has 0 aliphatic heterocycles. The maximum atomic E-state index is 10.6. The van der Waals surface area contributed by atoms with Crippen LogP contribution in [0, 0.1) is 10.1 Å². The largest absolute Gasteiger partial charge is 0.269 e. The van der Waals surface area contributed by atoms with Crippen LogP contribution in [-0.4, -0.2) is 20.1 Å². The van der Waals surface area contributed by atoms with Gasteiger partial charge in [-0.1, -0.05) is 6.42 Å². The van der Waals surface area contributed by atoms with Gasteiger partial charge in [0.2, 0.25) is 0 Å². The highest BCUT2D eigenvalue weighted by molar-refractivity contribution is 5.56. The quantitative estimate of drug-likeness (QED) is 0.664. The molecule has 1 fully saturated rings. The van der Waals surface area contributed by atoms with Gasteiger partial charge in [0, 0.05) is 23.6 Å². The zero-order valence-corrected chi connectivity index (χ0v) is 9.67. The van der Waals surface area contributed by atoms with Crippen LogP contribution in [0.2, 0.25) is 0 Å². The Hall–Kier alpha value is -2.24. The fraction of sp³-hybridized carbons (Fsp3) is 0.333. The fourth-order valence-electron chi connectivity index (χ4n) is 1.99. The van der Waals surface area contributed by atoms with Gasteiger partial charge in [0.15, 0.2) is 11.6 Å². The number of hydrogen-bond acceptors (Lipinski definition) is 4. The molecule has 6 nitrogen and oxygen atoms in total. The van der Waals surface area contributed by atoms with Crippen molar-refractivity contribution in [3.05, 3.63) is 40.2 Å². The monoisotopic (exact) mass is 244 g/mol. The lowest BCUT2D eigenvalue weighted by molar-refractivity contribution is -0.384. The maximum absolute atomic E-state index is 10.6. The van der Waals surface area contributed by atoms with Gasteiger partial charge in [-0.3, -0.25) is 15.2 Å². The fourth-order valence-corrected chi connectivity index (χ4v) is 1.99. The molecular weight excluding hydrogens is 232 g/mol. The number of nitrogens with zero attached hydrogens (tertiary/aromatic N) is 3. The molecule has 1 N–H and O–H groups in total. The van der Waals surface area contributed by atoms with E-state index < -0.39 is 4.92 Å². The second kappa shape index (κ2) is 4.21. The summed E-state index contributed by atoms with van der Waals surface area (Å²) in [6.07, 6.45) is 3.54. The van der Waals surface area contributed by atoms with Crippen molar-refractivity contribution < 1.29 is 4.92 Å². The van der Waals surface area contributed by atoms with Gasteiger partial charge in [-0.05, 0) is 25.0 Å². The molecule has 6 heteroatoms. The van der Waals surface area contributed by atoms with Crippen molar-refractivity contribution in [3.63, 3.8) is 0 Å². The van der Waals surface area contributed by atoms with Gasteiger partial charge < -0.3 is 0 Å². The highest BCUT2D eigenvalue weighted by atomic mass is 16.6. The predicted molar refractivity (Wildman–Crippen MR) is 65.1 cm³/mol. The van der Waals surface area contributed by atoms with E-state index in [0.29, 0.717) is 11.7 Å². The summed E-state index contributed by atoms with van der Waals surface area (Å²) >= 11 is 0. The molecule has 0 radical (unpaired) electrons. The van der Waals surface area contributed by atoms with Crippen LogP contribution < -0.4 is 0 Å². The highest BCUT2D eigenvalue weighted by Gasteiger charge is 2.23. The second-order valence-corrected chi connectivity index (χ2v) is 4.47. The first-order valence-electron chi connectivity index (χ1n) is 5.91. The van der Waals surface area contributed by atoms with E-state index in [1.54, 1.807) is 12.1 Å². The Balaban J connectivity index is 1.85. The molecule has 1 heterocycles. The molecule has 0 amide bonds. The third-order valence-corrected chi connectivity index (χ3v) is 3.32. The number of aromatic nitrogens is 3. The molecule has 0 unspecified atom stereocenters. The number of benzene rings is 1. The number of nitrogens with one attached hydrogen (secondary N) is 1. The van der Waals surface area contributed by atoms with Crippen LogP contribution in [0.3, 0.4) is 0 Å². The van der Waals surface area contributed by atoms with E-state index in [4.69, 9.17) is 0 Å². The first kappa shape index (κ1) is 10.9. The topological polar surface area (TPSA) is 84.7 Å². The summed E-state index contributed by atoms with van der Waals surface area (Å²) in [6, 6.07) is 6.31. The molecule has 0 spiro atoms. The molecule has 2 aromatic rings. The number of aromatic amines is 1. The van der Waals surface area contributed by atoms with Crippen molar-refractivity contribution in [1.82, 2.24) is 15.2 Å². The number of H-pyrrole nitrogens is 1. The Kier molecular flexibility index (Phi) is 2.55. The van der Waals surface area contributed by atoms with E-state index in [1.165, 1.54) is 18.6 Å². The lowest BCUT2D eigenvalue weighted by atomic mass is 9.85. The third-order valence-electron chi connectivity index (χ3n) is 3.32. The molecule has 92 valence electrons. The van der Waals surface area contributed by atoms with Crippen molar-refractivity contribution in [2.24, 2.45) is 0 Å². The molecule has 0 bridgehead atoms. The Morgan fingerprint density at radius 3 is 2.56 bits per heavy atom. The zero-order chi connectivity index (χ0) is 12.5. The summed E-state index contributed by atoms with van der Waals surface area (Å²) in [7, 11) is 0. The van der Waals surface area contributed by atoms with Crippen LogP contribution in [0.1, 0.15) is 31.0 Å². The van der Waals surface area contributed by atoms with Crippen LogP contribution in [0.4, 0.5) is 5.69 Å².